The zero-order chi connectivity index (χ0) is 21.6. The van der Waals surface area contributed by atoms with Crippen LogP contribution in [0.1, 0.15) is 124 Å². The second-order valence-corrected chi connectivity index (χ2v) is 8.67. The van der Waals surface area contributed by atoms with Crippen molar-refractivity contribution in [2.45, 2.75) is 130 Å². The van der Waals surface area contributed by atoms with Gasteiger partial charge in [-0.25, -0.2) is 0 Å². The van der Waals surface area contributed by atoms with E-state index in [1.165, 1.54) is 57.8 Å². The van der Waals surface area contributed by atoms with Crippen molar-refractivity contribution in [1.82, 2.24) is 0 Å². The minimum Gasteiger partial charge on any atom is -0.327 e. The fourth-order valence-corrected chi connectivity index (χ4v) is 3.91. The van der Waals surface area contributed by atoms with Gasteiger partial charge in [-0.1, -0.05) is 85.5 Å². The first-order valence-corrected chi connectivity index (χ1v) is 13.2. The SMILES string of the molecule is CCCCCCCCC(CCCCCCCl)C(OCCC)(OCCC)OCCC. The molecule has 3 nitrogen and oxygen atoms in total. The molecule has 29 heavy (non-hydrogen) atoms. The van der Waals surface area contributed by atoms with Crippen LogP contribution in [0.15, 0.2) is 0 Å². The van der Waals surface area contributed by atoms with Crippen molar-refractivity contribution in [2.24, 2.45) is 5.92 Å². The van der Waals surface area contributed by atoms with E-state index < -0.39 is 5.97 Å². The Bertz CT molecular complexity index is 303. The molecule has 1 atom stereocenters. The Morgan fingerprint density at radius 2 is 0.966 bits per heavy atom. The molecule has 0 heterocycles. The Hall–Kier alpha value is 0.170. The first-order valence-electron chi connectivity index (χ1n) is 12.7. The topological polar surface area (TPSA) is 27.7 Å². The van der Waals surface area contributed by atoms with Crippen LogP contribution in [0.3, 0.4) is 0 Å². The van der Waals surface area contributed by atoms with Crippen LogP contribution in [0.25, 0.3) is 0 Å². The Morgan fingerprint density at radius 3 is 1.38 bits per heavy atom. The second kappa shape index (κ2) is 21.4. The van der Waals surface area contributed by atoms with Crippen LogP contribution in [0, 0.1) is 5.92 Å². The molecule has 0 spiro atoms. The van der Waals surface area contributed by atoms with Gasteiger partial charge in [0.1, 0.15) is 0 Å². The summed E-state index contributed by atoms with van der Waals surface area (Å²) in [5, 5.41) is 0. The highest BCUT2D eigenvalue weighted by Crippen LogP contribution is 2.35. The number of unbranched alkanes of at least 4 members (excludes halogenated alkanes) is 8. The minimum atomic E-state index is -0.863. The number of halogens is 1. The van der Waals surface area contributed by atoms with Gasteiger partial charge in [0.05, 0.1) is 19.8 Å². The third kappa shape index (κ3) is 14.7. The monoisotopic (exact) mass is 434 g/mol. The zero-order valence-electron chi connectivity index (χ0n) is 20.1. The summed E-state index contributed by atoms with van der Waals surface area (Å²) in [5.74, 6) is 0.205. The number of alkyl halides is 1. The lowest BCUT2D eigenvalue weighted by Gasteiger charge is -2.40. The highest BCUT2D eigenvalue weighted by Gasteiger charge is 2.41. The van der Waals surface area contributed by atoms with Crippen molar-refractivity contribution in [3.8, 4) is 0 Å². The van der Waals surface area contributed by atoms with Gasteiger partial charge in [-0.3, -0.25) is 0 Å². The molecule has 0 aromatic carbocycles. The number of rotatable bonds is 23. The van der Waals surface area contributed by atoms with Crippen LogP contribution in [-0.2, 0) is 14.2 Å². The molecule has 0 aromatic heterocycles. The van der Waals surface area contributed by atoms with Crippen molar-refractivity contribution >= 4 is 11.6 Å². The standard InChI is InChI=1S/C25H51ClO3/c1-5-9-10-11-12-15-18-24(19-16-13-14-17-20-26)25(27-21-6-2,28-22-7-3)29-23-8-4/h24H,5-23H2,1-4H3. The first-order chi connectivity index (χ1) is 14.2. The molecular formula is C25H51ClO3. The van der Waals surface area contributed by atoms with Crippen molar-refractivity contribution in [1.29, 1.82) is 0 Å². The first kappa shape index (κ1) is 29.2. The molecule has 0 aliphatic rings. The average Bonchev–Trinajstić information content (AvgIpc) is 2.74. The summed E-state index contributed by atoms with van der Waals surface area (Å²) >= 11 is 5.85. The summed E-state index contributed by atoms with van der Waals surface area (Å²) in [7, 11) is 0. The Morgan fingerprint density at radius 1 is 0.552 bits per heavy atom. The molecule has 0 aliphatic carbocycles. The summed E-state index contributed by atoms with van der Waals surface area (Å²) < 4.78 is 19.1. The van der Waals surface area contributed by atoms with Crippen molar-refractivity contribution in [2.75, 3.05) is 25.7 Å². The van der Waals surface area contributed by atoms with Gasteiger partial charge >= 0.3 is 0 Å². The highest BCUT2D eigenvalue weighted by atomic mass is 35.5. The molecule has 0 bridgehead atoms. The molecular weight excluding hydrogens is 384 g/mol. The van der Waals surface area contributed by atoms with E-state index in [-0.39, 0.29) is 0 Å². The van der Waals surface area contributed by atoms with Gasteiger partial charge in [-0.15, -0.1) is 11.6 Å². The van der Waals surface area contributed by atoms with E-state index in [4.69, 9.17) is 25.8 Å². The minimum absolute atomic E-state index is 0.300. The van der Waals surface area contributed by atoms with Crippen molar-refractivity contribution < 1.29 is 14.2 Å². The predicted octanol–water partition coefficient (Wildman–Crippen LogP) is 8.48. The molecule has 4 heteroatoms. The van der Waals surface area contributed by atoms with Crippen LogP contribution >= 0.6 is 11.6 Å². The summed E-state index contributed by atoms with van der Waals surface area (Å²) in [6.45, 7) is 10.8. The van der Waals surface area contributed by atoms with Crippen LogP contribution in [0.2, 0.25) is 0 Å². The van der Waals surface area contributed by atoms with E-state index >= 15 is 0 Å². The van der Waals surface area contributed by atoms with Crippen LogP contribution in [0.5, 0.6) is 0 Å². The maximum absolute atomic E-state index is 6.35. The van der Waals surface area contributed by atoms with Crippen molar-refractivity contribution in [3.63, 3.8) is 0 Å². The number of ether oxygens (including phenoxy) is 3. The maximum Gasteiger partial charge on any atom is 0.285 e. The van der Waals surface area contributed by atoms with Crippen LogP contribution < -0.4 is 0 Å². The van der Waals surface area contributed by atoms with Gasteiger partial charge in [-0.05, 0) is 38.5 Å². The molecule has 1 unspecified atom stereocenters. The third-order valence-corrected chi connectivity index (χ3v) is 5.63. The van der Waals surface area contributed by atoms with E-state index in [1.807, 2.05) is 0 Å². The number of hydrogen-bond acceptors (Lipinski definition) is 3. The molecule has 0 N–H and O–H groups in total. The predicted molar refractivity (Wildman–Crippen MR) is 127 cm³/mol. The fraction of sp³-hybridized carbons (Fsp3) is 1.00. The van der Waals surface area contributed by atoms with Gasteiger partial charge in [0.15, 0.2) is 0 Å². The van der Waals surface area contributed by atoms with E-state index in [0.717, 1.165) is 44.4 Å². The molecule has 0 aliphatic heterocycles. The molecule has 0 saturated carbocycles. The summed E-state index contributed by atoms with van der Waals surface area (Å²) in [6.07, 6.45) is 17.8. The third-order valence-electron chi connectivity index (χ3n) is 5.36. The van der Waals surface area contributed by atoms with Gasteiger partial charge in [-0.2, -0.15) is 0 Å². The van der Waals surface area contributed by atoms with Crippen molar-refractivity contribution in [3.05, 3.63) is 0 Å². The van der Waals surface area contributed by atoms with E-state index in [0.29, 0.717) is 25.7 Å². The highest BCUT2D eigenvalue weighted by molar-refractivity contribution is 6.17. The van der Waals surface area contributed by atoms with Gasteiger partial charge in [0.2, 0.25) is 0 Å². The molecule has 0 radical (unpaired) electrons. The molecule has 0 fully saturated rings. The Kier molecular flexibility index (Phi) is 21.5. The van der Waals surface area contributed by atoms with Gasteiger partial charge < -0.3 is 14.2 Å². The quantitative estimate of drug-likeness (QED) is 0.0916. The normalized spacial score (nSPS) is 13.1. The summed E-state index contributed by atoms with van der Waals surface area (Å²) in [6, 6.07) is 0. The van der Waals surface area contributed by atoms with E-state index in [1.54, 1.807) is 0 Å². The molecule has 0 rings (SSSR count). The van der Waals surface area contributed by atoms with E-state index in [9.17, 15) is 0 Å². The van der Waals surface area contributed by atoms with Gasteiger partial charge in [0.25, 0.3) is 5.97 Å². The molecule has 0 amide bonds. The summed E-state index contributed by atoms with van der Waals surface area (Å²) in [5.41, 5.74) is 0. The van der Waals surface area contributed by atoms with E-state index in [2.05, 4.69) is 27.7 Å². The molecule has 0 saturated heterocycles. The summed E-state index contributed by atoms with van der Waals surface area (Å²) in [4.78, 5) is 0. The van der Waals surface area contributed by atoms with Crippen LogP contribution in [0.4, 0.5) is 0 Å². The average molecular weight is 435 g/mol. The lowest BCUT2D eigenvalue weighted by Crippen LogP contribution is -2.47. The molecule has 176 valence electrons. The lowest BCUT2D eigenvalue weighted by atomic mass is 9.91. The zero-order valence-corrected chi connectivity index (χ0v) is 20.9. The Balaban J connectivity index is 5.07. The maximum atomic E-state index is 6.35. The number of hydrogen-bond donors (Lipinski definition) is 0. The molecule has 0 aromatic rings. The second-order valence-electron chi connectivity index (χ2n) is 8.29. The van der Waals surface area contributed by atoms with Gasteiger partial charge in [0, 0.05) is 11.8 Å². The smallest absolute Gasteiger partial charge is 0.285 e. The Labute approximate surface area is 187 Å². The largest absolute Gasteiger partial charge is 0.327 e. The fourth-order valence-electron chi connectivity index (χ4n) is 3.72. The van der Waals surface area contributed by atoms with Crippen LogP contribution in [-0.4, -0.2) is 31.7 Å². The lowest BCUT2D eigenvalue weighted by molar-refractivity contribution is -0.406.